The topological polar surface area (TPSA) is 139 Å². The maximum Gasteiger partial charge on any atom is 0.323 e. The monoisotopic (exact) mass is 261 g/mol. The fraction of sp³-hybridized carbons (Fsp3) is 0. The summed E-state index contributed by atoms with van der Waals surface area (Å²) in [5.41, 5.74) is -2.67. The van der Waals surface area contributed by atoms with E-state index < -0.39 is 32.7 Å². The van der Waals surface area contributed by atoms with E-state index in [1.165, 1.54) is 9.47 Å². The summed E-state index contributed by atoms with van der Waals surface area (Å²) in [6.07, 6.45) is 0. The summed E-state index contributed by atoms with van der Waals surface area (Å²) in [5.74, 6) is -1.27. The van der Waals surface area contributed by atoms with Gasteiger partial charge in [-0.3, -0.25) is 20.2 Å². The number of nitrogens with zero attached hydrogens (tertiary/aromatic N) is 3. The van der Waals surface area contributed by atoms with E-state index in [0.717, 1.165) is 0 Å². The predicted molar refractivity (Wildman–Crippen MR) is 53.3 cm³/mol. The van der Waals surface area contributed by atoms with Gasteiger partial charge in [0.25, 0.3) is 16.3 Å². The highest BCUT2D eigenvalue weighted by atomic mass is 31.0. The molecule has 0 N–H and O–H groups in total. The molecule has 10 nitrogen and oxygen atoms in total. The minimum absolute atomic E-state index is 0.368. The second kappa shape index (κ2) is 4.66. The van der Waals surface area contributed by atoms with Gasteiger partial charge in [0, 0.05) is 0 Å². The van der Waals surface area contributed by atoms with Crippen LogP contribution in [0.1, 0.15) is 0 Å². The van der Waals surface area contributed by atoms with Crippen molar-refractivity contribution in [2.24, 2.45) is 0 Å². The molecule has 1 unspecified atom stereocenters. The SMILES string of the molecule is O=[N+]([O-])c1cc([N+](=O)[O-])c([O-])c([N+](=O)OP)c1. The largest absolute Gasteiger partial charge is 0.863 e. The van der Waals surface area contributed by atoms with E-state index >= 15 is 0 Å². The Hall–Kier alpha value is -2.35. The van der Waals surface area contributed by atoms with Gasteiger partial charge in [-0.1, -0.05) is 0 Å². The van der Waals surface area contributed by atoms with Crippen molar-refractivity contribution in [3.63, 3.8) is 0 Å². The molecule has 1 rings (SSSR count). The van der Waals surface area contributed by atoms with Crippen molar-refractivity contribution in [3.05, 3.63) is 37.3 Å². The number of nitro groups is 2. The first-order valence-electron chi connectivity index (χ1n) is 3.86. The lowest BCUT2D eigenvalue weighted by molar-refractivity contribution is -0.697. The second-order valence-corrected chi connectivity index (χ2v) is 2.90. The van der Waals surface area contributed by atoms with E-state index in [2.05, 4.69) is 4.62 Å². The van der Waals surface area contributed by atoms with E-state index in [1.807, 2.05) is 0 Å². The Kier molecular flexibility index (Phi) is 3.49. The Balaban J connectivity index is 3.54. The second-order valence-electron chi connectivity index (χ2n) is 2.69. The van der Waals surface area contributed by atoms with Gasteiger partial charge in [-0.05, 0) is 0 Å². The number of nitro benzene ring substituents is 2. The molecule has 0 bridgehead atoms. The zero-order chi connectivity index (χ0) is 13.2. The molecule has 1 atom stereocenters. The Morgan fingerprint density at radius 1 is 1.06 bits per heavy atom. The minimum atomic E-state index is -1.27. The normalized spacial score (nSPS) is 9.71. The van der Waals surface area contributed by atoms with Gasteiger partial charge in [0.2, 0.25) is 0 Å². The number of hydrogen-bond donors (Lipinski definition) is 0. The van der Waals surface area contributed by atoms with Gasteiger partial charge in [0.05, 0.1) is 32.6 Å². The standard InChI is InChI=1S/C6H4N3O7P/c10-6-4(8(13)14)1-3(7(11)12)2-5(6)9(15)16-17/h1-2H,17H2. The average molecular weight is 261 g/mol. The third-order valence-corrected chi connectivity index (χ3v) is 1.93. The van der Waals surface area contributed by atoms with Gasteiger partial charge in [-0.2, -0.15) is 0 Å². The molecule has 90 valence electrons. The van der Waals surface area contributed by atoms with Crippen molar-refractivity contribution in [1.29, 1.82) is 0 Å². The molecule has 0 heterocycles. The van der Waals surface area contributed by atoms with Crippen LogP contribution in [0.2, 0.25) is 0 Å². The lowest BCUT2D eigenvalue weighted by atomic mass is 10.2. The minimum Gasteiger partial charge on any atom is -0.863 e. The smallest absolute Gasteiger partial charge is 0.323 e. The van der Waals surface area contributed by atoms with Crippen molar-refractivity contribution in [2.75, 3.05) is 0 Å². The van der Waals surface area contributed by atoms with Crippen LogP contribution in [0.25, 0.3) is 0 Å². The summed E-state index contributed by atoms with van der Waals surface area (Å²) >= 11 is 0. The van der Waals surface area contributed by atoms with Crippen LogP contribution in [0, 0.1) is 25.1 Å². The van der Waals surface area contributed by atoms with Crippen molar-refractivity contribution < 1.29 is 24.5 Å². The summed E-state index contributed by atoms with van der Waals surface area (Å²) < 4.78 is 4.04. The van der Waals surface area contributed by atoms with Gasteiger partial charge in [0.1, 0.15) is 9.47 Å². The molecular formula is C6H4N3O7P. The first-order chi connectivity index (χ1) is 7.88. The molecule has 0 radical (unpaired) electrons. The maximum absolute atomic E-state index is 11.4. The van der Waals surface area contributed by atoms with E-state index in [0.29, 0.717) is 12.1 Å². The molecule has 1 aromatic rings. The Bertz CT molecular complexity index is 517. The fourth-order valence-corrected chi connectivity index (χ4v) is 1.13. The van der Waals surface area contributed by atoms with Crippen LogP contribution >= 0.6 is 9.47 Å². The first-order valence-corrected chi connectivity index (χ1v) is 4.33. The van der Waals surface area contributed by atoms with Gasteiger partial charge >= 0.3 is 5.69 Å². The highest BCUT2D eigenvalue weighted by Crippen LogP contribution is 2.37. The molecule has 0 fully saturated rings. The van der Waals surface area contributed by atoms with Crippen molar-refractivity contribution in [2.45, 2.75) is 0 Å². The summed E-state index contributed by atoms with van der Waals surface area (Å²) in [4.78, 5) is 29.5. The molecule has 0 amide bonds. The molecule has 0 saturated carbocycles. The van der Waals surface area contributed by atoms with Crippen LogP contribution in [-0.4, -0.2) is 14.8 Å². The Morgan fingerprint density at radius 2 is 1.59 bits per heavy atom. The number of hydrogen-bond acceptors (Lipinski definition) is 7. The molecule has 17 heavy (non-hydrogen) atoms. The zero-order valence-electron chi connectivity index (χ0n) is 7.93. The zero-order valence-corrected chi connectivity index (χ0v) is 9.09. The fourth-order valence-electron chi connectivity index (χ4n) is 1.02. The molecule has 0 aromatic heterocycles. The van der Waals surface area contributed by atoms with Crippen molar-refractivity contribution in [3.8, 4) is 5.75 Å². The van der Waals surface area contributed by atoms with Crippen molar-refractivity contribution in [1.82, 2.24) is 0 Å². The molecule has 0 aliphatic heterocycles. The summed E-state index contributed by atoms with van der Waals surface area (Å²) in [5, 5.41) is 32.3. The summed E-state index contributed by atoms with van der Waals surface area (Å²) in [7, 11) is 1.50. The Morgan fingerprint density at radius 3 is 2.00 bits per heavy atom. The lowest BCUT2D eigenvalue weighted by Gasteiger charge is -2.05. The maximum atomic E-state index is 11.4. The third-order valence-electron chi connectivity index (χ3n) is 1.73. The molecule has 0 aliphatic rings. The Labute approximate surface area is 94.9 Å². The van der Waals surface area contributed by atoms with Crippen LogP contribution in [0.3, 0.4) is 0 Å². The summed E-state index contributed by atoms with van der Waals surface area (Å²) in [6.45, 7) is 0. The number of benzene rings is 1. The number of non-ortho nitro benzene ring substituents is 1. The first kappa shape index (κ1) is 12.7. The van der Waals surface area contributed by atoms with E-state index in [-0.39, 0.29) is 4.92 Å². The third kappa shape index (κ3) is 2.42. The van der Waals surface area contributed by atoms with Crippen LogP contribution in [0.5, 0.6) is 5.75 Å². The van der Waals surface area contributed by atoms with Gasteiger partial charge in [-0.15, -0.1) is 0 Å². The quantitative estimate of drug-likeness (QED) is 0.441. The highest BCUT2D eigenvalue weighted by Gasteiger charge is 2.28. The van der Waals surface area contributed by atoms with Crippen LogP contribution in [-0.2, 0) is 4.62 Å². The highest BCUT2D eigenvalue weighted by molar-refractivity contribution is 7.09. The van der Waals surface area contributed by atoms with Gasteiger partial charge in [-0.25, -0.2) is 4.62 Å². The number of rotatable bonds is 4. The summed E-state index contributed by atoms with van der Waals surface area (Å²) in [6, 6.07) is 1.06. The molecular weight excluding hydrogens is 257 g/mol. The van der Waals surface area contributed by atoms with Gasteiger partial charge < -0.3 is 5.11 Å². The lowest BCUT2D eigenvalue weighted by Crippen LogP contribution is -2.05. The predicted octanol–water partition coefficient (Wildman–Crippen LogP) is 0.709. The van der Waals surface area contributed by atoms with Crippen LogP contribution < -0.4 is 5.11 Å². The van der Waals surface area contributed by atoms with E-state index in [9.17, 15) is 30.2 Å². The molecule has 0 spiro atoms. The van der Waals surface area contributed by atoms with E-state index in [1.54, 1.807) is 0 Å². The van der Waals surface area contributed by atoms with Crippen LogP contribution in [0.4, 0.5) is 17.1 Å². The molecule has 0 aliphatic carbocycles. The van der Waals surface area contributed by atoms with Gasteiger partial charge in [0.15, 0.2) is 0 Å². The van der Waals surface area contributed by atoms with Crippen molar-refractivity contribution >= 4 is 26.5 Å². The van der Waals surface area contributed by atoms with Crippen LogP contribution in [0.15, 0.2) is 12.1 Å². The molecule has 1 aromatic carbocycles. The van der Waals surface area contributed by atoms with E-state index in [4.69, 9.17) is 0 Å². The molecule has 0 saturated heterocycles. The molecule has 11 heteroatoms. The average Bonchev–Trinajstić information content (AvgIpc) is 2.27.